The molecule has 1 amide bonds. The molecule has 0 aliphatic carbocycles. The fourth-order valence-electron chi connectivity index (χ4n) is 2.21. The Morgan fingerprint density at radius 1 is 1.00 bits per heavy atom. The molecule has 0 saturated carbocycles. The number of nitrogens with one attached hydrogen (secondary N) is 1. The van der Waals surface area contributed by atoms with Gasteiger partial charge in [0.2, 0.25) is 5.91 Å². The quantitative estimate of drug-likeness (QED) is 0.447. The molecule has 0 fully saturated rings. The Morgan fingerprint density at radius 2 is 1.47 bits per heavy atom. The van der Waals surface area contributed by atoms with Crippen LogP contribution in [0.25, 0.3) is 0 Å². The van der Waals surface area contributed by atoms with E-state index in [0.717, 1.165) is 19.3 Å². The smallest absolute Gasteiger partial charge is 0.318 e. The van der Waals surface area contributed by atoms with Gasteiger partial charge in [0.25, 0.3) is 0 Å². The van der Waals surface area contributed by atoms with Crippen molar-refractivity contribution in [2.45, 2.75) is 71.6 Å². The van der Waals surface area contributed by atoms with Crippen LogP contribution in [-0.2, 0) is 9.59 Å². The molecule has 0 bridgehead atoms. The summed E-state index contributed by atoms with van der Waals surface area (Å²) in [6.07, 6.45) is 9.67. The topological polar surface area (TPSA) is 66.4 Å². The van der Waals surface area contributed by atoms with E-state index in [1.807, 2.05) is 0 Å². The van der Waals surface area contributed by atoms with Crippen molar-refractivity contribution in [2.24, 2.45) is 5.41 Å². The lowest BCUT2D eigenvalue weighted by Crippen LogP contribution is -2.43. The summed E-state index contributed by atoms with van der Waals surface area (Å²) in [4.78, 5) is 22.8. The molecule has 0 aromatic rings. The molecule has 0 aromatic carbocycles. The van der Waals surface area contributed by atoms with Crippen molar-refractivity contribution in [2.75, 3.05) is 7.05 Å². The zero-order chi connectivity index (χ0) is 14.7. The molecule has 0 saturated heterocycles. The molecular weight excluding hydrogens is 242 g/mol. The Balaban J connectivity index is 3.83. The first kappa shape index (κ1) is 17.9. The van der Waals surface area contributed by atoms with Gasteiger partial charge in [-0.15, -0.1) is 0 Å². The first-order chi connectivity index (χ1) is 8.99. The number of aliphatic carboxylic acids is 1. The van der Waals surface area contributed by atoms with Crippen LogP contribution in [0.3, 0.4) is 0 Å². The lowest BCUT2D eigenvalue weighted by Gasteiger charge is -2.22. The zero-order valence-electron chi connectivity index (χ0n) is 12.6. The fourth-order valence-corrected chi connectivity index (χ4v) is 2.21. The van der Waals surface area contributed by atoms with Crippen molar-refractivity contribution >= 4 is 11.9 Å². The maximum atomic E-state index is 11.6. The van der Waals surface area contributed by atoms with Gasteiger partial charge >= 0.3 is 5.97 Å². The number of carboxylic acid groups (broad SMARTS) is 1. The second-order valence-electron chi connectivity index (χ2n) is 5.44. The molecule has 0 aliphatic heterocycles. The van der Waals surface area contributed by atoms with Crippen LogP contribution >= 0.6 is 0 Å². The first-order valence-corrected chi connectivity index (χ1v) is 7.44. The Labute approximate surface area is 117 Å². The van der Waals surface area contributed by atoms with Gasteiger partial charge in [-0.3, -0.25) is 9.59 Å². The van der Waals surface area contributed by atoms with Gasteiger partial charge in [-0.1, -0.05) is 58.3 Å². The van der Waals surface area contributed by atoms with Crippen LogP contribution in [0, 0.1) is 5.41 Å². The van der Waals surface area contributed by atoms with Crippen molar-refractivity contribution in [3.05, 3.63) is 0 Å². The van der Waals surface area contributed by atoms with E-state index in [-0.39, 0.29) is 0 Å². The molecule has 19 heavy (non-hydrogen) atoms. The Bertz CT molecular complexity index is 279. The summed E-state index contributed by atoms with van der Waals surface area (Å²) >= 11 is 0. The largest absolute Gasteiger partial charge is 0.480 e. The maximum absolute atomic E-state index is 11.6. The summed E-state index contributed by atoms with van der Waals surface area (Å²) in [6.45, 7) is 3.71. The van der Waals surface area contributed by atoms with Crippen LogP contribution in [0.5, 0.6) is 0 Å². The predicted molar refractivity (Wildman–Crippen MR) is 77.0 cm³/mol. The van der Waals surface area contributed by atoms with E-state index >= 15 is 0 Å². The van der Waals surface area contributed by atoms with Gasteiger partial charge in [0.05, 0.1) is 0 Å². The second-order valence-corrected chi connectivity index (χ2v) is 5.44. The molecule has 0 radical (unpaired) electrons. The molecule has 0 aliphatic rings. The van der Waals surface area contributed by atoms with Gasteiger partial charge in [-0.25, -0.2) is 0 Å². The van der Waals surface area contributed by atoms with Crippen LogP contribution in [-0.4, -0.2) is 24.0 Å². The molecule has 112 valence electrons. The summed E-state index contributed by atoms with van der Waals surface area (Å²) in [5, 5.41) is 11.6. The third-order valence-electron chi connectivity index (χ3n) is 3.73. The van der Waals surface area contributed by atoms with Crippen molar-refractivity contribution in [1.82, 2.24) is 5.32 Å². The van der Waals surface area contributed by atoms with Crippen LogP contribution in [0.4, 0.5) is 0 Å². The highest BCUT2D eigenvalue weighted by Gasteiger charge is 2.39. The third-order valence-corrected chi connectivity index (χ3v) is 3.73. The van der Waals surface area contributed by atoms with E-state index in [1.165, 1.54) is 46.1 Å². The van der Waals surface area contributed by atoms with E-state index in [0.29, 0.717) is 6.42 Å². The summed E-state index contributed by atoms with van der Waals surface area (Å²) in [6, 6.07) is 0. The number of rotatable bonds is 11. The number of carbonyl (C=O) groups excluding carboxylic acids is 1. The van der Waals surface area contributed by atoms with E-state index in [9.17, 15) is 14.7 Å². The maximum Gasteiger partial charge on any atom is 0.318 e. The lowest BCUT2D eigenvalue weighted by atomic mass is 9.83. The predicted octanol–water partition coefficient (Wildman–Crippen LogP) is 3.35. The normalized spacial score (nSPS) is 13.8. The Hall–Kier alpha value is -1.06. The Kier molecular flexibility index (Phi) is 9.27. The van der Waals surface area contributed by atoms with Gasteiger partial charge in [-0.2, -0.15) is 0 Å². The monoisotopic (exact) mass is 271 g/mol. The minimum atomic E-state index is -1.28. The summed E-state index contributed by atoms with van der Waals surface area (Å²) in [5.74, 6) is -1.43. The highest BCUT2D eigenvalue weighted by molar-refractivity contribution is 6.01. The number of carboxylic acids is 1. The van der Waals surface area contributed by atoms with Crippen LogP contribution < -0.4 is 5.32 Å². The number of amides is 1. The van der Waals surface area contributed by atoms with Crippen molar-refractivity contribution < 1.29 is 14.7 Å². The van der Waals surface area contributed by atoms with E-state index in [1.54, 1.807) is 0 Å². The van der Waals surface area contributed by atoms with Gasteiger partial charge in [0.15, 0.2) is 0 Å². The molecule has 0 rings (SSSR count). The average Bonchev–Trinajstić information content (AvgIpc) is 2.40. The number of unbranched alkanes of at least 4 members (excludes halogenated alkanes) is 7. The molecular formula is C15H29NO3. The Morgan fingerprint density at radius 3 is 1.89 bits per heavy atom. The average molecular weight is 271 g/mol. The zero-order valence-corrected chi connectivity index (χ0v) is 12.6. The fraction of sp³-hybridized carbons (Fsp3) is 0.867. The molecule has 4 nitrogen and oxygen atoms in total. The first-order valence-electron chi connectivity index (χ1n) is 7.44. The summed E-state index contributed by atoms with van der Waals surface area (Å²) < 4.78 is 0. The summed E-state index contributed by atoms with van der Waals surface area (Å²) in [5.41, 5.74) is -1.28. The molecule has 1 unspecified atom stereocenters. The molecule has 1 atom stereocenters. The minimum absolute atomic E-state index is 0.400. The molecule has 0 heterocycles. The standard InChI is InChI=1S/C15H29NO3/c1-4-5-6-7-8-9-10-11-12-15(2,14(18)19)13(17)16-3/h4-12H2,1-3H3,(H,16,17)(H,18,19). The van der Waals surface area contributed by atoms with Crippen LogP contribution in [0.1, 0.15) is 71.6 Å². The number of hydrogen-bond donors (Lipinski definition) is 2. The second kappa shape index (κ2) is 9.82. The van der Waals surface area contributed by atoms with Crippen LogP contribution in [0.15, 0.2) is 0 Å². The van der Waals surface area contributed by atoms with E-state index < -0.39 is 17.3 Å². The SMILES string of the molecule is CCCCCCCCCCC(C)(C(=O)O)C(=O)NC. The van der Waals surface area contributed by atoms with Crippen molar-refractivity contribution in [3.63, 3.8) is 0 Å². The van der Waals surface area contributed by atoms with Gasteiger partial charge in [-0.05, 0) is 13.3 Å². The molecule has 0 aromatic heterocycles. The van der Waals surface area contributed by atoms with Crippen LogP contribution in [0.2, 0.25) is 0 Å². The number of hydrogen-bond acceptors (Lipinski definition) is 2. The highest BCUT2D eigenvalue weighted by Crippen LogP contribution is 2.25. The highest BCUT2D eigenvalue weighted by atomic mass is 16.4. The molecule has 4 heteroatoms. The van der Waals surface area contributed by atoms with Gasteiger partial charge in [0.1, 0.15) is 5.41 Å². The third kappa shape index (κ3) is 6.60. The number of carbonyl (C=O) groups is 2. The van der Waals surface area contributed by atoms with Crippen molar-refractivity contribution in [3.8, 4) is 0 Å². The summed E-state index contributed by atoms with van der Waals surface area (Å²) in [7, 11) is 1.48. The minimum Gasteiger partial charge on any atom is -0.480 e. The van der Waals surface area contributed by atoms with E-state index in [4.69, 9.17) is 0 Å². The molecule has 2 N–H and O–H groups in total. The van der Waals surface area contributed by atoms with Gasteiger partial charge in [0, 0.05) is 7.05 Å². The lowest BCUT2D eigenvalue weighted by molar-refractivity contribution is -0.155. The van der Waals surface area contributed by atoms with Crippen molar-refractivity contribution in [1.29, 1.82) is 0 Å². The van der Waals surface area contributed by atoms with E-state index in [2.05, 4.69) is 12.2 Å². The molecule has 0 spiro atoms. The van der Waals surface area contributed by atoms with Gasteiger partial charge < -0.3 is 10.4 Å².